The lowest BCUT2D eigenvalue weighted by molar-refractivity contribution is -0.0132. The fourth-order valence-corrected chi connectivity index (χ4v) is 1.51. The minimum Gasteiger partial charge on any atom is -0.466 e. The van der Waals surface area contributed by atoms with Crippen LogP contribution in [-0.4, -0.2) is 40.1 Å². The van der Waals surface area contributed by atoms with E-state index >= 15 is 0 Å². The maximum Gasteiger partial charge on any atom is 0.344 e. The minimum absolute atomic E-state index is 0.0749. The lowest BCUT2D eigenvalue weighted by atomic mass is 10.1. The number of aryl methyl sites for hydroxylation is 1. The molecule has 0 unspecified atom stereocenters. The van der Waals surface area contributed by atoms with Crippen LogP contribution < -0.4 is 4.74 Å². The van der Waals surface area contributed by atoms with E-state index < -0.39 is 5.97 Å². The summed E-state index contributed by atoms with van der Waals surface area (Å²) in [5.74, 6) is -0.483. The van der Waals surface area contributed by atoms with Crippen molar-refractivity contribution in [3.63, 3.8) is 0 Å². The minimum atomic E-state index is -0.625. The average molecular weight is 268 g/mol. The Labute approximate surface area is 111 Å². The molecule has 0 aromatic heterocycles. The lowest BCUT2D eigenvalue weighted by Gasteiger charge is -2.13. The van der Waals surface area contributed by atoms with Gasteiger partial charge >= 0.3 is 5.97 Å². The van der Waals surface area contributed by atoms with Gasteiger partial charge in [-0.2, -0.15) is 0 Å². The molecule has 0 heterocycles. The Hall–Kier alpha value is -1.92. The van der Waals surface area contributed by atoms with Gasteiger partial charge in [0.25, 0.3) is 0 Å². The van der Waals surface area contributed by atoms with E-state index in [9.17, 15) is 9.59 Å². The number of esters is 1. The van der Waals surface area contributed by atoms with Crippen molar-refractivity contribution in [2.75, 3.05) is 27.8 Å². The van der Waals surface area contributed by atoms with Gasteiger partial charge in [0.2, 0.25) is 0 Å². The third kappa shape index (κ3) is 4.04. The molecule has 6 nitrogen and oxygen atoms in total. The third-order valence-electron chi connectivity index (χ3n) is 2.24. The van der Waals surface area contributed by atoms with Gasteiger partial charge in [-0.15, -0.1) is 0 Å². The number of carbonyl (C=O) groups excluding carboxylic acids is 2. The Kier molecular flexibility index (Phi) is 5.98. The second-order valence-electron chi connectivity index (χ2n) is 3.74. The summed E-state index contributed by atoms with van der Waals surface area (Å²) in [5.41, 5.74) is 1.17. The predicted octanol–water partition coefficient (Wildman–Crippen LogP) is 1.55. The molecule has 0 N–H and O–H groups in total. The molecule has 19 heavy (non-hydrogen) atoms. The van der Waals surface area contributed by atoms with Crippen LogP contribution in [0.1, 0.15) is 26.3 Å². The SMILES string of the molecule is COCOC(=O)c1cc(C)cc(C=O)c1OCOC. The summed E-state index contributed by atoms with van der Waals surface area (Å²) in [4.78, 5) is 22.9. The first-order valence-corrected chi connectivity index (χ1v) is 5.51. The highest BCUT2D eigenvalue weighted by Crippen LogP contribution is 2.25. The molecule has 0 aliphatic carbocycles. The quantitative estimate of drug-likeness (QED) is 0.424. The van der Waals surface area contributed by atoms with Gasteiger partial charge in [0, 0.05) is 14.2 Å². The smallest absolute Gasteiger partial charge is 0.344 e. The molecule has 0 fully saturated rings. The number of ether oxygens (including phenoxy) is 4. The number of benzene rings is 1. The molecule has 1 aromatic carbocycles. The summed E-state index contributed by atoms with van der Waals surface area (Å²) in [6.07, 6.45) is 0.616. The molecule has 0 saturated heterocycles. The van der Waals surface area contributed by atoms with Crippen LogP contribution in [0.2, 0.25) is 0 Å². The number of carbonyl (C=O) groups is 2. The fraction of sp³-hybridized carbons (Fsp3) is 0.385. The monoisotopic (exact) mass is 268 g/mol. The normalized spacial score (nSPS) is 10.1. The van der Waals surface area contributed by atoms with Crippen LogP contribution in [0.15, 0.2) is 12.1 Å². The van der Waals surface area contributed by atoms with Crippen molar-refractivity contribution in [3.8, 4) is 5.75 Å². The van der Waals surface area contributed by atoms with Gasteiger partial charge in [0.15, 0.2) is 19.9 Å². The fourth-order valence-electron chi connectivity index (χ4n) is 1.51. The summed E-state index contributed by atoms with van der Waals surface area (Å²) in [5, 5.41) is 0. The molecular weight excluding hydrogens is 252 g/mol. The van der Waals surface area contributed by atoms with Crippen molar-refractivity contribution in [2.45, 2.75) is 6.92 Å². The highest BCUT2D eigenvalue weighted by Gasteiger charge is 2.18. The Morgan fingerprint density at radius 2 is 1.89 bits per heavy atom. The highest BCUT2D eigenvalue weighted by atomic mass is 16.7. The van der Waals surface area contributed by atoms with E-state index in [4.69, 9.17) is 14.2 Å². The van der Waals surface area contributed by atoms with Gasteiger partial charge in [-0.3, -0.25) is 4.79 Å². The molecule has 0 atom stereocenters. The van der Waals surface area contributed by atoms with E-state index in [1.54, 1.807) is 19.1 Å². The summed E-state index contributed by atoms with van der Waals surface area (Å²) >= 11 is 0. The predicted molar refractivity (Wildman–Crippen MR) is 66.4 cm³/mol. The molecule has 1 aromatic rings. The molecule has 0 aliphatic rings. The van der Waals surface area contributed by atoms with Crippen LogP contribution in [0, 0.1) is 6.92 Å². The summed E-state index contributed by atoms with van der Waals surface area (Å²) in [6.45, 7) is 1.52. The summed E-state index contributed by atoms with van der Waals surface area (Å²) in [7, 11) is 2.85. The molecule has 6 heteroatoms. The molecule has 0 aliphatic heterocycles. The topological polar surface area (TPSA) is 71.1 Å². The molecule has 0 spiro atoms. The van der Waals surface area contributed by atoms with E-state index in [-0.39, 0.29) is 30.5 Å². The van der Waals surface area contributed by atoms with Crippen molar-refractivity contribution in [3.05, 3.63) is 28.8 Å². The van der Waals surface area contributed by atoms with Crippen molar-refractivity contribution in [1.29, 1.82) is 0 Å². The molecule has 0 amide bonds. The van der Waals surface area contributed by atoms with Crippen LogP contribution in [0.25, 0.3) is 0 Å². The van der Waals surface area contributed by atoms with Gasteiger partial charge in [-0.25, -0.2) is 4.79 Å². The van der Waals surface area contributed by atoms with Crippen LogP contribution in [-0.2, 0) is 14.2 Å². The van der Waals surface area contributed by atoms with Crippen LogP contribution in [0.4, 0.5) is 0 Å². The molecule has 1 rings (SSSR count). The largest absolute Gasteiger partial charge is 0.466 e. The van der Waals surface area contributed by atoms with Gasteiger partial charge in [-0.05, 0) is 24.6 Å². The second kappa shape index (κ2) is 7.50. The highest BCUT2D eigenvalue weighted by molar-refractivity contribution is 5.96. The van der Waals surface area contributed by atoms with Gasteiger partial charge < -0.3 is 18.9 Å². The zero-order valence-corrected chi connectivity index (χ0v) is 11.1. The zero-order chi connectivity index (χ0) is 14.3. The van der Waals surface area contributed by atoms with Crippen molar-refractivity contribution >= 4 is 12.3 Å². The Balaban J connectivity index is 3.14. The molecule has 104 valence electrons. The summed E-state index contributed by atoms with van der Waals surface area (Å²) in [6, 6.07) is 3.20. The van der Waals surface area contributed by atoms with Gasteiger partial charge in [-0.1, -0.05) is 0 Å². The van der Waals surface area contributed by atoms with Gasteiger partial charge in [0.05, 0.1) is 5.56 Å². The van der Waals surface area contributed by atoms with E-state index in [0.717, 1.165) is 5.56 Å². The van der Waals surface area contributed by atoms with Crippen molar-refractivity contribution < 1.29 is 28.5 Å². The molecule has 0 saturated carbocycles. The van der Waals surface area contributed by atoms with Crippen molar-refractivity contribution in [2.24, 2.45) is 0 Å². The van der Waals surface area contributed by atoms with Gasteiger partial charge in [0.1, 0.15) is 11.3 Å². The first-order valence-electron chi connectivity index (χ1n) is 5.51. The van der Waals surface area contributed by atoms with Crippen molar-refractivity contribution in [1.82, 2.24) is 0 Å². The molecular formula is C13H16O6. The third-order valence-corrected chi connectivity index (χ3v) is 2.24. The van der Waals surface area contributed by atoms with Crippen LogP contribution >= 0.6 is 0 Å². The van der Waals surface area contributed by atoms with E-state index in [2.05, 4.69) is 4.74 Å². The van der Waals surface area contributed by atoms with Crippen LogP contribution in [0.3, 0.4) is 0 Å². The Morgan fingerprint density at radius 3 is 2.47 bits per heavy atom. The number of aldehydes is 1. The Bertz CT molecular complexity index is 455. The number of methoxy groups -OCH3 is 2. The average Bonchev–Trinajstić information content (AvgIpc) is 2.42. The van der Waals surface area contributed by atoms with E-state index in [1.165, 1.54) is 14.2 Å². The Morgan fingerprint density at radius 1 is 1.21 bits per heavy atom. The first-order chi connectivity index (χ1) is 9.13. The first kappa shape index (κ1) is 15.1. The second-order valence-corrected chi connectivity index (χ2v) is 3.74. The maximum atomic E-state index is 11.9. The number of hydrogen-bond acceptors (Lipinski definition) is 6. The number of hydrogen-bond donors (Lipinski definition) is 0. The maximum absolute atomic E-state index is 11.9. The molecule has 0 bridgehead atoms. The van der Waals surface area contributed by atoms with E-state index in [0.29, 0.717) is 6.29 Å². The lowest BCUT2D eigenvalue weighted by Crippen LogP contribution is -2.12. The van der Waals surface area contributed by atoms with Crippen LogP contribution in [0.5, 0.6) is 5.75 Å². The zero-order valence-electron chi connectivity index (χ0n) is 11.1. The summed E-state index contributed by atoms with van der Waals surface area (Å²) < 4.78 is 19.6. The number of rotatable bonds is 7. The van der Waals surface area contributed by atoms with E-state index in [1.807, 2.05) is 0 Å². The standard InChI is InChI=1S/C13H16O6/c1-9-4-10(6-14)12(18-7-16-2)11(5-9)13(15)19-8-17-3/h4-6H,7-8H2,1-3H3. The molecule has 0 radical (unpaired) electrons.